The molecule has 0 saturated carbocycles. The topological polar surface area (TPSA) is 27.1 Å². The molecule has 19 heavy (non-hydrogen) atoms. The molecule has 0 aliphatic rings. The van der Waals surface area contributed by atoms with Crippen molar-refractivity contribution in [1.82, 2.24) is 9.55 Å². The fraction of sp³-hybridized carbons (Fsp3) is 0.250. The van der Waals surface area contributed by atoms with Gasteiger partial charge in [-0.25, -0.2) is 4.98 Å². The molecule has 0 spiro atoms. The first-order valence-corrected chi connectivity index (χ1v) is 6.50. The average Bonchev–Trinajstić information content (AvgIpc) is 2.89. The highest BCUT2D eigenvalue weighted by Crippen LogP contribution is 2.29. The standard InChI is InChI=1S/C12H10BrF3N2O/c13-7-11(19-12(14,15)16)9-1-3-10(4-2-9)18-6-5-17-8-18/h1-6,8,11H,7H2. The molecule has 0 N–H and O–H groups in total. The Morgan fingerprint density at radius 1 is 1.26 bits per heavy atom. The largest absolute Gasteiger partial charge is 0.523 e. The fourth-order valence-corrected chi connectivity index (χ4v) is 2.13. The molecule has 1 heterocycles. The number of rotatable bonds is 4. The van der Waals surface area contributed by atoms with E-state index in [1.165, 1.54) is 0 Å². The van der Waals surface area contributed by atoms with E-state index in [9.17, 15) is 13.2 Å². The SMILES string of the molecule is FC(F)(F)OC(CBr)c1ccc(-n2ccnc2)cc1. The van der Waals surface area contributed by atoms with Gasteiger partial charge < -0.3 is 4.57 Å². The summed E-state index contributed by atoms with van der Waals surface area (Å²) in [5.41, 5.74) is 1.28. The van der Waals surface area contributed by atoms with E-state index in [1.807, 2.05) is 0 Å². The van der Waals surface area contributed by atoms with Gasteiger partial charge >= 0.3 is 6.36 Å². The van der Waals surface area contributed by atoms with Gasteiger partial charge in [0.1, 0.15) is 6.10 Å². The third kappa shape index (κ3) is 3.81. The number of hydrogen-bond donors (Lipinski definition) is 0. The Morgan fingerprint density at radius 3 is 2.42 bits per heavy atom. The van der Waals surface area contributed by atoms with Gasteiger partial charge in [0.2, 0.25) is 0 Å². The molecule has 0 saturated heterocycles. The third-order valence-corrected chi connectivity index (χ3v) is 3.07. The zero-order valence-corrected chi connectivity index (χ0v) is 11.2. The molecule has 1 aromatic carbocycles. The van der Waals surface area contributed by atoms with E-state index >= 15 is 0 Å². The summed E-state index contributed by atoms with van der Waals surface area (Å²) < 4.78 is 42.5. The summed E-state index contributed by atoms with van der Waals surface area (Å²) >= 11 is 3.02. The minimum Gasteiger partial charge on any atom is -0.306 e. The van der Waals surface area contributed by atoms with Crippen LogP contribution in [-0.4, -0.2) is 21.2 Å². The maximum atomic E-state index is 12.2. The highest BCUT2D eigenvalue weighted by Gasteiger charge is 2.33. The Kier molecular flexibility index (Phi) is 4.26. The molecular weight excluding hydrogens is 325 g/mol. The summed E-state index contributed by atoms with van der Waals surface area (Å²) in [6, 6.07) is 6.64. The predicted molar refractivity (Wildman–Crippen MR) is 67.2 cm³/mol. The van der Waals surface area contributed by atoms with Crippen LogP contribution in [0.15, 0.2) is 43.0 Å². The Hall–Kier alpha value is -1.34. The van der Waals surface area contributed by atoms with Crippen LogP contribution in [-0.2, 0) is 4.74 Å². The van der Waals surface area contributed by atoms with Crippen LogP contribution in [0, 0.1) is 0 Å². The van der Waals surface area contributed by atoms with Crippen molar-refractivity contribution < 1.29 is 17.9 Å². The second-order valence-corrected chi connectivity index (χ2v) is 4.42. The summed E-state index contributed by atoms with van der Waals surface area (Å²) in [6.45, 7) is 0. The van der Waals surface area contributed by atoms with Crippen LogP contribution >= 0.6 is 15.9 Å². The lowest BCUT2D eigenvalue weighted by Crippen LogP contribution is -2.19. The molecule has 7 heteroatoms. The molecule has 3 nitrogen and oxygen atoms in total. The van der Waals surface area contributed by atoms with E-state index < -0.39 is 12.5 Å². The Balaban J connectivity index is 2.17. The quantitative estimate of drug-likeness (QED) is 0.794. The first-order chi connectivity index (χ1) is 8.99. The lowest BCUT2D eigenvalue weighted by atomic mass is 10.1. The lowest BCUT2D eigenvalue weighted by Gasteiger charge is -2.17. The molecule has 1 atom stereocenters. The number of ether oxygens (including phenoxy) is 1. The highest BCUT2D eigenvalue weighted by molar-refractivity contribution is 9.09. The van der Waals surface area contributed by atoms with Crippen LogP contribution in [0.3, 0.4) is 0 Å². The molecule has 0 bridgehead atoms. The van der Waals surface area contributed by atoms with Gasteiger partial charge in [0, 0.05) is 23.4 Å². The second kappa shape index (κ2) is 5.75. The number of halogens is 4. The summed E-state index contributed by atoms with van der Waals surface area (Å²) in [5, 5.41) is 0.0664. The van der Waals surface area contributed by atoms with Crippen LogP contribution in [0.5, 0.6) is 0 Å². The van der Waals surface area contributed by atoms with Gasteiger partial charge in [-0.2, -0.15) is 0 Å². The summed E-state index contributed by atoms with van der Waals surface area (Å²) in [7, 11) is 0. The monoisotopic (exact) mass is 334 g/mol. The van der Waals surface area contributed by atoms with Gasteiger partial charge in [-0.3, -0.25) is 4.74 Å². The molecule has 0 fully saturated rings. The summed E-state index contributed by atoms with van der Waals surface area (Å²) in [6.07, 6.45) is -0.715. The molecule has 1 unspecified atom stereocenters. The number of aromatic nitrogens is 2. The molecule has 2 rings (SSSR count). The number of benzene rings is 1. The Morgan fingerprint density at radius 2 is 1.95 bits per heavy atom. The molecule has 0 aliphatic heterocycles. The number of nitrogens with zero attached hydrogens (tertiary/aromatic N) is 2. The summed E-state index contributed by atoms with van der Waals surface area (Å²) in [4.78, 5) is 3.90. The first kappa shape index (κ1) is 14.1. The van der Waals surface area contributed by atoms with Crippen molar-refractivity contribution in [3.05, 3.63) is 48.5 Å². The molecule has 102 valence electrons. The van der Waals surface area contributed by atoms with E-state index in [1.54, 1.807) is 47.6 Å². The third-order valence-electron chi connectivity index (χ3n) is 2.48. The highest BCUT2D eigenvalue weighted by atomic mass is 79.9. The van der Waals surface area contributed by atoms with Crippen molar-refractivity contribution in [2.45, 2.75) is 12.5 Å². The minimum absolute atomic E-state index is 0.0664. The van der Waals surface area contributed by atoms with Gasteiger partial charge in [-0.05, 0) is 17.7 Å². The van der Waals surface area contributed by atoms with Gasteiger partial charge in [-0.1, -0.05) is 28.1 Å². The van der Waals surface area contributed by atoms with Crippen molar-refractivity contribution >= 4 is 15.9 Å². The van der Waals surface area contributed by atoms with E-state index in [4.69, 9.17) is 0 Å². The van der Waals surface area contributed by atoms with Gasteiger partial charge in [0.25, 0.3) is 0 Å². The number of alkyl halides is 4. The van der Waals surface area contributed by atoms with E-state index in [0.717, 1.165) is 5.69 Å². The second-order valence-electron chi connectivity index (χ2n) is 3.77. The van der Waals surface area contributed by atoms with Gasteiger partial charge in [0.05, 0.1) is 6.33 Å². The van der Waals surface area contributed by atoms with Crippen LogP contribution < -0.4 is 0 Å². The number of hydrogen-bond acceptors (Lipinski definition) is 2. The lowest BCUT2D eigenvalue weighted by molar-refractivity contribution is -0.341. The molecular formula is C12H10BrF3N2O. The zero-order valence-electron chi connectivity index (χ0n) is 9.64. The zero-order chi connectivity index (χ0) is 13.9. The molecule has 0 aliphatic carbocycles. The maximum Gasteiger partial charge on any atom is 0.523 e. The van der Waals surface area contributed by atoms with Gasteiger partial charge in [0.15, 0.2) is 0 Å². The number of imidazole rings is 1. The first-order valence-electron chi connectivity index (χ1n) is 5.38. The molecule has 0 radical (unpaired) electrons. The Labute approximate surface area is 116 Å². The minimum atomic E-state index is -4.65. The van der Waals surface area contributed by atoms with Crippen molar-refractivity contribution in [2.24, 2.45) is 0 Å². The fourth-order valence-electron chi connectivity index (χ4n) is 1.62. The van der Waals surface area contributed by atoms with Gasteiger partial charge in [-0.15, -0.1) is 13.2 Å². The molecule has 1 aromatic heterocycles. The van der Waals surface area contributed by atoms with E-state index in [0.29, 0.717) is 5.56 Å². The Bertz CT molecular complexity index is 511. The summed E-state index contributed by atoms with van der Waals surface area (Å²) in [5.74, 6) is 0. The van der Waals surface area contributed by atoms with Crippen molar-refractivity contribution in [2.75, 3.05) is 5.33 Å². The van der Waals surface area contributed by atoms with Crippen LogP contribution in [0.2, 0.25) is 0 Å². The van der Waals surface area contributed by atoms with Crippen molar-refractivity contribution in [1.29, 1.82) is 0 Å². The van der Waals surface area contributed by atoms with E-state index in [2.05, 4.69) is 25.7 Å². The smallest absolute Gasteiger partial charge is 0.306 e. The van der Waals surface area contributed by atoms with Crippen LogP contribution in [0.25, 0.3) is 5.69 Å². The predicted octanol–water partition coefficient (Wildman–Crippen LogP) is 3.84. The average molecular weight is 335 g/mol. The van der Waals surface area contributed by atoms with Crippen molar-refractivity contribution in [3.8, 4) is 5.69 Å². The van der Waals surface area contributed by atoms with Crippen molar-refractivity contribution in [3.63, 3.8) is 0 Å². The van der Waals surface area contributed by atoms with Crippen LogP contribution in [0.4, 0.5) is 13.2 Å². The normalized spacial score (nSPS) is 13.5. The molecule has 2 aromatic rings. The molecule has 0 amide bonds. The van der Waals surface area contributed by atoms with E-state index in [-0.39, 0.29) is 5.33 Å². The maximum absolute atomic E-state index is 12.2. The van der Waals surface area contributed by atoms with Crippen LogP contribution in [0.1, 0.15) is 11.7 Å².